The quantitative estimate of drug-likeness (QED) is 0.252. The summed E-state index contributed by atoms with van der Waals surface area (Å²) in [5.74, 6) is -0.210. The number of carbonyl (C=O) groups is 2. The van der Waals surface area contributed by atoms with Gasteiger partial charge >= 0.3 is 0 Å². The van der Waals surface area contributed by atoms with Gasteiger partial charge in [0.05, 0.1) is 5.25 Å². The number of nitrogens with one attached hydrogen (secondary N) is 2. The second-order valence-electron chi connectivity index (χ2n) is 8.35. The highest BCUT2D eigenvalue weighted by Crippen LogP contribution is 2.27. The van der Waals surface area contributed by atoms with Crippen molar-refractivity contribution in [2.75, 3.05) is 10.6 Å². The third kappa shape index (κ3) is 5.36. The van der Waals surface area contributed by atoms with Gasteiger partial charge in [0.2, 0.25) is 5.91 Å². The van der Waals surface area contributed by atoms with Gasteiger partial charge in [0.25, 0.3) is 5.91 Å². The molecule has 5 rings (SSSR count). The maximum atomic E-state index is 12.7. The zero-order chi connectivity index (χ0) is 24.2. The van der Waals surface area contributed by atoms with Gasteiger partial charge in [0.15, 0.2) is 0 Å². The van der Waals surface area contributed by atoms with Gasteiger partial charge in [-0.3, -0.25) is 9.59 Å². The van der Waals surface area contributed by atoms with Crippen LogP contribution in [-0.4, -0.2) is 17.1 Å². The summed E-state index contributed by atoms with van der Waals surface area (Å²) in [4.78, 5) is 26.4. The van der Waals surface area contributed by atoms with Crippen LogP contribution >= 0.6 is 11.8 Å². The zero-order valence-electron chi connectivity index (χ0n) is 19.2. The third-order valence-electron chi connectivity index (χ3n) is 5.82. The van der Waals surface area contributed by atoms with Crippen LogP contribution in [0.3, 0.4) is 0 Å². The lowest BCUT2D eigenvalue weighted by molar-refractivity contribution is -0.115. The Kier molecular flexibility index (Phi) is 6.51. The molecule has 0 bridgehead atoms. The summed E-state index contributed by atoms with van der Waals surface area (Å²) in [6.07, 6.45) is 0. The van der Waals surface area contributed by atoms with Crippen LogP contribution in [-0.2, 0) is 4.79 Å². The molecule has 35 heavy (non-hydrogen) atoms. The van der Waals surface area contributed by atoms with E-state index in [4.69, 9.17) is 0 Å². The van der Waals surface area contributed by atoms with Crippen LogP contribution in [0, 0.1) is 0 Å². The van der Waals surface area contributed by atoms with Crippen LogP contribution in [0.4, 0.5) is 11.4 Å². The van der Waals surface area contributed by atoms with Crippen LogP contribution < -0.4 is 10.6 Å². The monoisotopic (exact) mass is 476 g/mol. The Morgan fingerprint density at radius 3 is 1.89 bits per heavy atom. The number of amides is 2. The van der Waals surface area contributed by atoms with E-state index in [2.05, 4.69) is 10.6 Å². The molecule has 0 heterocycles. The zero-order valence-corrected chi connectivity index (χ0v) is 20.0. The van der Waals surface area contributed by atoms with Crippen molar-refractivity contribution in [1.29, 1.82) is 0 Å². The Bertz CT molecular complexity index is 1530. The largest absolute Gasteiger partial charge is 0.325 e. The van der Waals surface area contributed by atoms with Gasteiger partial charge in [-0.05, 0) is 77.0 Å². The Labute approximate surface area is 208 Å². The number of hydrogen-bond acceptors (Lipinski definition) is 3. The SMILES string of the molecule is CC(Sc1ccc(NC(=O)c2ccc3ccccc3c2)cc1)C(=O)Nc1ccc2ccccc2c1. The summed E-state index contributed by atoms with van der Waals surface area (Å²) in [7, 11) is 0. The Morgan fingerprint density at radius 2 is 1.20 bits per heavy atom. The van der Waals surface area contributed by atoms with Crippen LogP contribution in [0.5, 0.6) is 0 Å². The molecule has 1 atom stereocenters. The summed E-state index contributed by atoms with van der Waals surface area (Å²) < 4.78 is 0. The summed E-state index contributed by atoms with van der Waals surface area (Å²) >= 11 is 1.48. The van der Waals surface area contributed by atoms with E-state index in [0.29, 0.717) is 11.3 Å². The van der Waals surface area contributed by atoms with Crippen molar-refractivity contribution in [2.24, 2.45) is 0 Å². The van der Waals surface area contributed by atoms with Crippen LogP contribution in [0.15, 0.2) is 114 Å². The maximum Gasteiger partial charge on any atom is 0.255 e. The molecule has 0 aliphatic heterocycles. The summed E-state index contributed by atoms with van der Waals surface area (Å²) in [5.41, 5.74) is 2.11. The Balaban J connectivity index is 1.19. The fraction of sp³-hybridized carbons (Fsp3) is 0.0667. The van der Waals surface area contributed by atoms with E-state index >= 15 is 0 Å². The van der Waals surface area contributed by atoms with Crippen molar-refractivity contribution in [2.45, 2.75) is 17.1 Å². The molecule has 5 aromatic carbocycles. The van der Waals surface area contributed by atoms with Gasteiger partial charge in [-0.25, -0.2) is 0 Å². The first-order valence-electron chi connectivity index (χ1n) is 11.4. The molecule has 1 unspecified atom stereocenters. The first-order valence-corrected chi connectivity index (χ1v) is 12.3. The number of thioether (sulfide) groups is 1. The third-order valence-corrected chi connectivity index (χ3v) is 6.93. The molecule has 0 aromatic heterocycles. The maximum absolute atomic E-state index is 12.7. The van der Waals surface area contributed by atoms with Gasteiger partial charge in [-0.1, -0.05) is 60.7 Å². The number of fused-ring (bicyclic) bond motifs is 2. The van der Waals surface area contributed by atoms with E-state index in [9.17, 15) is 9.59 Å². The van der Waals surface area contributed by atoms with Crippen molar-refractivity contribution in [3.63, 3.8) is 0 Å². The lowest BCUT2D eigenvalue weighted by atomic mass is 10.1. The minimum absolute atomic E-state index is 0.0565. The van der Waals surface area contributed by atoms with Gasteiger partial charge in [0, 0.05) is 21.8 Å². The van der Waals surface area contributed by atoms with Crippen molar-refractivity contribution in [1.82, 2.24) is 0 Å². The number of hydrogen-bond donors (Lipinski definition) is 2. The van der Waals surface area contributed by atoms with Gasteiger partial charge in [0.1, 0.15) is 0 Å². The van der Waals surface area contributed by atoms with Crippen molar-refractivity contribution in [3.05, 3.63) is 115 Å². The lowest BCUT2D eigenvalue weighted by Gasteiger charge is -2.13. The van der Waals surface area contributed by atoms with E-state index < -0.39 is 0 Å². The first kappa shape index (κ1) is 22.7. The second kappa shape index (κ2) is 10.0. The normalized spacial score (nSPS) is 11.8. The van der Waals surface area contributed by atoms with Crippen molar-refractivity contribution < 1.29 is 9.59 Å². The number of carbonyl (C=O) groups excluding carboxylic acids is 2. The van der Waals surface area contributed by atoms with Crippen molar-refractivity contribution in [3.8, 4) is 0 Å². The number of benzene rings is 5. The van der Waals surface area contributed by atoms with E-state index in [-0.39, 0.29) is 17.1 Å². The Morgan fingerprint density at radius 1 is 0.629 bits per heavy atom. The Hall–Kier alpha value is -4.09. The lowest BCUT2D eigenvalue weighted by Crippen LogP contribution is -2.22. The average Bonchev–Trinajstić information content (AvgIpc) is 2.89. The topological polar surface area (TPSA) is 58.2 Å². The van der Waals surface area contributed by atoms with Crippen LogP contribution in [0.2, 0.25) is 0 Å². The average molecular weight is 477 g/mol. The van der Waals surface area contributed by atoms with E-state index in [1.807, 2.05) is 116 Å². The minimum atomic E-state index is -0.278. The highest BCUT2D eigenvalue weighted by molar-refractivity contribution is 8.00. The number of anilines is 2. The molecule has 172 valence electrons. The van der Waals surface area contributed by atoms with Crippen LogP contribution in [0.25, 0.3) is 21.5 Å². The molecule has 4 nitrogen and oxygen atoms in total. The van der Waals surface area contributed by atoms with Crippen LogP contribution in [0.1, 0.15) is 17.3 Å². The minimum Gasteiger partial charge on any atom is -0.325 e. The first-order chi connectivity index (χ1) is 17.0. The molecule has 0 aliphatic carbocycles. The molecule has 5 aromatic rings. The molecular formula is C30H24N2O2S. The second-order valence-corrected chi connectivity index (χ2v) is 9.77. The molecule has 0 saturated heterocycles. The van der Waals surface area contributed by atoms with Gasteiger partial charge < -0.3 is 10.6 Å². The molecule has 0 spiro atoms. The molecule has 2 amide bonds. The van der Waals surface area contributed by atoms with Crippen molar-refractivity contribution >= 4 is 56.5 Å². The van der Waals surface area contributed by atoms with E-state index in [0.717, 1.165) is 32.1 Å². The number of rotatable bonds is 6. The predicted molar refractivity (Wildman–Crippen MR) is 146 cm³/mol. The predicted octanol–water partition coefficient (Wildman–Crippen LogP) is 7.36. The molecule has 0 fully saturated rings. The highest BCUT2D eigenvalue weighted by atomic mass is 32.2. The van der Waals surface area contributed by atoms with Gasteiger partial charge in [-0.2, -0.15) is 0 Å². The summed E-state index contributed by atoms with van der Waals surface area (Å²) in [6, 6.07) is 35.2. The van der Waals surface area contributed by atoms with E-state index in [1.54, 1.807) is 0 Å². The molecule has 2 N–H and O–H groups in total. The summed E-state index contributed by atoms with van der Waals surface area (Å²) in [6.45, 7) is 1.89. The fourth-order valence-corrected chi connectivity index (χ4v) is 4.79. The van der Waals surface area contributed by atoms with Gasteiger partial charge in [-0.15, -0.1) is 11.8 Å². The summed E-state index contributed by atoms with van der Waals surface area (Å²) in [5, 5.41) is 10.0. The van der Waals surface area contributed by atoms with E-state index in [1.165, 1.54) is 11.8 Å². The standard InChI is InChI=1S/C30H24N2O2S/c1-20(29(33)32-27-13-12-22-7-3-5-9-24(22)19-27)35-28-16-14-26(15-17-28)31-30(34)25-11-10-21-6-2-4-8-23(21)18-25/h2-20H,1H3,(H,31,34)(H,32,33). The highest BCUT2D eigenvalue weighted by Gasteiger charge is 2.15. The molecule has 0 saturated carbocycles. The molecular weight excluding hydrogens is 452 g/mol. The molecule has 0 aliphatic rings. The fourth-order valence-electron chi connectivity index (χ4n) is 3.92. The smallest absolute Gasteiger partial charge is 0.255 e. The molecule has 5 heteroatoms. The molecule has 0 radical (unpaired) electrons.